The minimum Gasteiger partial charge on any atom is -0.461 e. The van der Waals surface area contributed by atoms with Crippen LogP contribution in [-0.4, -0.2) is 4.98 Å². The third kappa shape index (κ3) is 2.07. The number of halogens is 1. The van der Waals surface area contributed by atoms with E-state index < -0.39 is 0 Å². The summed E-state index contributed by atoms with van der Waals surface area (Å²) in [5, 5.41) is 1.07. The summed E-state index contributed by atoms with van der Waals surface area (Å²) in [6.07, 6.45) is 5.15. The number of rotatable bonds is 4. The van der Waals surface area contributed by atoms with Gasteiger partial charge >= 0.3 is 0 Å². The molecule has 0 saturated carbocycles. The first-order valence-corrected chi connectivity index (χ1v) is 6.22. The van der Waals surface area contributed by atoms with Crippen molar-refractivity contribution in [2.24, 2.45) is 0 Å². The van der Waals surface area contributed by atoms with Gasteiger partial charge in [-0.25, -0.2) is 0 Å². The van der Waals surface area contributed by atoms with Crippen molar-refractivity contribution in [2.45, 2.75) is 39.0 Å². The molecule has 0 aliphatic carbocycles. The maximum atomic E-state index is 5.87. The number of furan rings is 1. The zero-order valence-corrected chi connectivity index (χ0v) is 10.5. The van der Waals surface area contributed by atoms with Crippen LogP contribution in [0.1, 0.15) is 36.8 Å². The second-order valence-electron chi connectivity index (χ2n) is 4.08. The summed E-state index contributed by atoms with van der Waals surface area (Å²) in [5.41, 5.74) is 2.93. The molecule has 0 bridgehead atoms. The second kappa shape index (κ2) is 4.88. The fourth-order valence-electron chi connectivity index (χ4n) is 1.83. The maximum Gasteiger partial charge on any atom is 0.140 e. The summed E-state index contributed by atoms with van der Waals surface area (Å²) < 4.78 is 5.84. The van der Waals surface area contributed by atoms with Gasteiger partial charge in [-0.15, -0.1) is 11.6 Å². The number of hydrogen-bond acceptors (Lipinski definition) is 2. The third-order valence-corrected chi connectivity index (χ3v) is 3.02. The van der Waals surface area contributed by atoms with Crippen LogP contribution in [0.3, 0.4) is 0 Å². The quantitative estimate of drug-likeness (QED) is 0.745. The molecule has 2 aromatic rings. The molecule has 16 heavy (non-hydrogen) atoms. The lowest BCUT2D eigenvalue weighted by Gasteiger charge is -1.98. The van der Waals surface area contributed by atoms with Gasteiger partial charge in [0, 0.05) is 23.6 Å². The van der Waals surface area contributed by atoms with Crippen LogP contribution in [0, 0.1) is 6.92 Å². The van der Waals surface area contributed by atoms with E-state index in [1.54, 1.807) is 0 Å². The molecule has 0 N–H and O–H groups in total. The van der Waals surface area contributed by atoms with E-state index in [1.807, 2.05) is 13.1 Å². The highest BCUT2D eigenvalue weighted by molar-refractivity contribution is 6.17. The molecule has 0 spiro atoms. The van der Waals surface area contributed by atoms with Crippen molar-refractivity contribution < 1.29 is 4.42 Å². The number of hydrogen-bond donors (Lipinski definition) is 0. The Balaban J connectivity index is 2.46. The minimum atomic E-state index is 0.434. The standard InChI is InChI=1S/C13H16ClNO/c1-3-4-5-10-6-11-12(7-14)15-8-9(2)13(11)16-10/h6,8H,3-5,7H2,1-2H3. The Labute approximate surface area is 101 Å². The zero-order chi connectivity index (χ0) is 11.5. The Hall–Kier alpha value is -1.02. The summed E-state index contributed by atoms with van der Waals surface area (Å²) >= 11 is 5.87. The highest BCUT2D eigenvalue weighted by Crippen LogP contribution is 2.26. The van der Waals surface area contributed by atoms with Crippen molar-refractivity contribution in [1.29, 1.82) is 0 Å². The largest absolute Gasteiger partial charge is 0.461 e. The number of nitrogens with zero attached hydrogens (tertiary/aromatic N) is 1. The molecule has 86 valence electrons. The lowest BCUT2D eigenvalue weighted by atomic mass is 10.1. The summed E-state index contributed by atoms with van der Waals surface area (Å²) in [5.74, 6) is 1.48. The summed E-state index contributed by atoms with van der Waals surface area (Å²) in [6.45, 7) is 4.19. The van der Waals surface area contributed by atoms with E-state index in [9.17, 15) is 0 Å². The molecule has 0 aliphatic rings. The van der Waals surface area contributed by atoms with E-state index in [-0.39, 0.29) is 0 Å². The average Bonchev–Trinajstić information content (AvgIpc) is 2.72. The molecule has 0 radical (unpaired) electrons. The molecule has 2 aromatic heterocycles. The average molecular weight is 238 g/mol. The van der Waals surface area contributed by atoms with E-state index >= 15 is 0 Å². The maximum absolute atomic E-state index is 5.87. The molecule has 0 atom stereocenters. The SMILES string of the molecule is CCCCc1cc2c(CCl)ncc(C)c2o1. The van der Waals surface area contributed by atoms with Crippen LogP contribution in [0.25, 0.3) is 11.0 Å². The Kier molecular flexibility index (Phi) is 3.49. The molecular formula is C13H16ClNO. The smallest absolute Gasteiger partial charge is 0.140 e. The number of aryl methyl sites for hydroxylation is 2. The normalized spacial score (nSPS) is 11.2. The molecule has 2 rings (SSSR count). The first-order valence-electron chi connectivity index (χ1n) is 5.69. The van der Waals surface area contributed by atoms with Gasteiger partial charge in [-0.05, 0) is 19.4 Å². The predicted molar refractivity (Wildman–Crippen MR) is 66.9 cm³/mol. The summed E-state index contributed by atoms with van der Waals surface area (Å²) in [4.78, 5) is 4.33. The number of unbranched alkanes of at least 4 members (excludes halogenated alkanes) is 1. The summed E-state index contributed by atoms with van der Waals surface area (Å²) in [7, 11) is 0. The van der Waals surface area contributed by atoms with Gasteiger partial charge in [0.2, 0.25) is 0 Å². The fraction of sp³-hybridized carbons (Fsp3) is 0.462. The van der Waals surface area contributed by atoms with E-state index in [0.717, 1.165) is 40.8 Å². The van der Waals surface area contributed by atoms with Gasteiger partial charge < -0.3 is 4.42 Å². The monoisotopic (exact) mass is 237 g/mol. The number of fused-ring (bicyclic) bond motifs is 1. The van der Waals surface area contributed by atoms with Crippen molar-refractivity contribution in [1.82, 2.24) is 4.98 Å². The van der Waals surface area contributed by atoms with Crippen molar-refractivity contribution in [2.75, 3.05) is 0 Å². The van der Waals surface area contributed by atoms with Crippen LogP contribution in [0.5, 0.6) is 0 Å². The van der Waals surface area contributed by atoms with Crippen molar-refractivity contribution in [3.63, 3.8) is 0 Å². The van der Waals surface area contributed by atoms with Gasteiger partial charge in [0.15, 0.2) is 0 Å². The van der Waals surface area contributed by atoms with Gasteiger partial charge in [0.05, 0.1) is 11.6 Å². The number of aromatic nitrogens is 1. The predicted octanol–water partition coefficient (Wildman–Crippen LogP) is 4.22. The third-order valence-electron chi connectivity index (χ3n) is 2.77. The molecule has 2 nitrogen and oxygen atoms in total. The zero-order valence-electron chi connectivity index (χ0n) is 9.72. The van der Waals surface area contributed by atoms with Gasteiger partial charge in [0.1, 0.15) is 11.3 Å². The Morgan fingerprint density at radius 1 is 1.44 bits per heavy atom. The van der Waals surface area contributed by atoms with E-state index in [0.29, 0.717) is 5.88 Å². The topological polar surface area (TPSA) is 26.0 Å². The van der Waals surface area contributed by atoms with Crippen molar-refractivity contribution in [3.05, 3.63) is 29.3 Å². The molecule has 0 amide bonds. The molecule has 0 unspecified atom stereocenters. The number of pyridine rings is 1. The highest BCUT2D eigenvalue weighted by Gasteiger charge is 2.10. The van der Waals surface area contributed by atoms with E-state index in [1.165, 1.54) is 6.42 Å². The fourth-order valence-corrected chi connectivity index (χ4v) is 2.05. The van der Waals surface area contributed by atoms with Crippen LogP contribution >= 0.6 is 11.6 Å². The van der Waals surface area contributed by atoms with Gasteiger partial charge in [0.25, 0.3) is 0 Å². The van der Waals surface area contributed by atoms with Crippen LogP contribution in [0.15, 0.2) is 16.7 Å². The van der Waals surface area contributed by atoms with E-state index in [4.69, 9.17) is 16.0 Å². The van der Waals surface area contributed by atoms with Crippen LogP contribution in [0.4, 0.5) is 0 Å². The molecule has 0 fully saturated rings. The Morgan fingerprint density at radius 2 is 2.25 bits per heavy atom. The van der Waals surface area contributed by atoms with Crippen LogP contribution < -0.4 is 0 Å². The van der Waals surface area contributed by atoms with Gasteiger partial charge in [-0.1, -0.05) is 13.3 Å². The molecule has 0 aromatic carbocycles. The highest BCUT2D eigenvalue weighted by atomic mass is 35.5. The molecular weight excluding hydrogens is 222 g/mol. The Morgan fingerprint density at radius 3 is 2.94 bits per heavy atom. The first-order chi connectivity index (χ1) is 7.76. The first kappa shape index (κ1) is 11.5. The summed E-state index contributed by atoms with van der Waals surface area (Å²) in [6, 6.07) is 2.09. The molecule has 3 heteroatoms. The molecule has 2 heterocycles. The lowest BCUT2D eigenvalue weighted by molar-refractivity contribution is 0.535. The molecule has 0 aliphatic heterocycles. The van der Waals surface area contributed by atoms with Crippen LogP contribution in [0.2, 0.25) is 0 Å². The molecule has 0 saturated heterocycles. The van der Waals surface area contributed by atoms with Gasteiger partial charge in [-0.3, -0.25) is 4.98 Å². The van der Waals surface area contributed by atoms with Crippen LogP contribution in [-0.2, 0) is 12.3 Å². The second-order valence-corrected chi connectivity index (χ2v) is 4.35. The van der Waals surface area contributed by atoms with Gasteiger partial charge in [-0.2, -0.15) is 0 Å². The van der Waals surface area contributed by atoms with Crippen molar-refractivity contribution in [3.8, 4) is 0 Å². The lowest BCUT2D eigenvalue weighted by Crippen LogP contribution is -1.86. The van der Waals surface area contributed by atoms with E-state index in [2.05, 4.69) is 18.0 Å². The minimum absolute atomic E-state index is 0.434. The number of alkyl halides is 1. The van der Waals surface area contributed by atoms with Crippen molar-refractivity contribution >= 4 is 22.6 Å². The Bertz CT molecular complexity index is 490.